The van der Waals surface area contributed by atoms with E-state index < -0.39 is 4.92 Å². The number of hydrogen-bond acceptors (Lipinski definition) is 5. The lowest BCUT2D eigenvalue weighted by molar-refractivity contribution is -0.385. The lowest BCUT2D eigenvalue weighted by Gasteiger charge is -2.06. The number of nitrogens with zero attached hydrogens (tertiary/aromatic N) is 1. The van der Waals surface area contributed by atoms with Crippen LogP contribution in [0, 0.1) is 10.1 Å². The maximum atomic E-state index is 10.8. The van der Waals surface area contributed by atoms with E-state index in [9.17, 15) is 19.7 Å². The smallest absolute Gasteiger partial charge is 0.280 e. The minimum atomic E-state index is -0.605. The molecule has 0 N–H and O–H groups in total. The van der Waals surface area contributed by atoms with Crippen LogP contribution in [-0.4, -0.2) is 23.1 Å². The number of nitro groups is 1. The van der Waals surface area contributed by atoms with E-state index in [0.717, 1.165) is 25.7 Å². The number of carbonyl (C=O) groups excluding carboxylic acids is 2. The Kier molecular flexibility index (Phi) is 7.39. The molecule has 0 fully saturated rings. The molecule has 1 aromatic rings. The van der Waals surface area contributed by atoms with Crippen molar-refractivity contribution in [1.82, 2.24) is 0 Å². The molecular weight excluding hydrogens is 298 g/mol. The van der Waals surface area contributed by atoms with Gasteiger partial charge in [-0.3, -0.25) is 19.7 Å². The van der Waals surface area contributed by atoms with Crippen molar-refractivity contribution >= 4 is 28.8 Å². The zero-order chi connectivity index (χ0) is 15.7. The fourth-order valence-electron chi connectivity index (χ4n) is 1.79. The van der Waals surface area contributed by atoms with Crippen LogP contribution >= 0.6 is 11.6 Å². The second kappa shape index (κ2) is 9.07. The SMILES string of the molecule is O=Cc1cc(OCCCCCCC(=O)Cl)ccc1[N+](=O)[O-]. The van der Waals surface area contributed by atoms with Crippen LogP contribution in [0.4, 0.5) is 5.69 Å². The van der Waals surface area contributed by atoms with Crippen LogP contribution in [0.25, 0.3) is 0 Å². The fourth-order valence-corrected chi connectivity index (χ4v) is 1.93. The highest BCUT2D eigenvalue weighted by molar-refractivity contribution is 6.63. The van der Waals surface area contributed by atoms with Crippen molar-refractivity contribution in [2.75, 3.05) is 6.61 Å². The van der Waals surface area contributed by atoms with Crippen LogP contribution in [-0.2, 0) is 4.79 Å². The van der Waals surface area contributed by atoms with Crippen LogP contribution < -0.4 is 4.74 Å². The summed E-state index contributed by atoms with van der Waals surface area (Å²) in [5.74, 6) is 0.429. The Bertz CT molecular complexity index is 518. The van der Waals surface area contributed by atoms with Crippen LogP contribution in [0.3, 0.4) is 0 Å². The van der Waals surface area contributed by atoms with Crippen molar-refractivity contribution in [2.24, 2.45) is 0 Å². The molecule has 0 atom stereocenters. The molecule has 0 aliphatic heterocycles. The first-order chi connectivity index (χ1) is 10.0. The number of rotatable bonds is 10. The van der Waals surface area contributed by atoms with Crippen LogP contribution in [0.2, 0.25) is 0 Å². The van der Waals surface area contributed by atoms with Gasteiger partial charge in [0.1, 0.15) is 5.75 Å². The van der Waals surface area contributed by atoms with E-state index in [2.05, 4.69) is 0 Å². The van der Waals surface area contributed by atoms with E-state index in [1.807, 2.05) is 0 Å². The topological polar surface area (TPSA) is 86.5 Å². The molecule has 0 aliphatic carbocycles. The molecular formula is C14H16ClNO5. The van der Waals surface area contributed by atoms with E-state index in [1.54, 1.807) is 0 Å². The van der Waals surface area contributed by atoms with E-state index in [4.69, 9.17) is 16.3 Å². The van der Waals surface area contributed by atoms with Gasteiger partial charge in [0.15, 0.2) is 6.29 Å². The molecule has 0 bridgehead atoms. The molecule has 114 valence electrons. The highest BCUT2D eigenvalue weighted by Gasteiger charge is 2.13. The van der Waals surface area contributed by atoms with E-state index in [0.29, 0.717) is 25.1 Å². The van der Waals surface area contributed by atoms with Gasteiger partial charge in [-0.2, -0.15) is 0 Å². The number of hydrogen-bond donors (Lipinski definition) is 0. The van der Waals surface area contributed by atoms with Gasteiger partial charge in [-0.15, -0.1) is 0 Å². The molecule has 0 amide bonds. The van der Waals surface area contributed by atoms with Crippen LogP contribution in [0.5, 0.6) is 5.75 Å². The van der Waals surface area contributed by atoms with Gasteiger partial charge in [0, 0.05) is 12.5 Å². The Labute approximate surface area is 127 Å². The van der Waals surface area contributed by atoms with Crippen LogP contribution in [0.15, 0.2) is 18.2 Å². The Morgan fingerprint density at radius 3 is 2.62 bits per heavy atom. The largest absolute Gasteiger partial charge is 0.494 e. The molecule has 7 heteroatoms. The average molecular weight is 314 g/mol. The molecule has 1 rings (SSSR count). The molecule has 0 unspecified atom stereocenters. The second-order valence-electron chi connectivity index (χ2n) is 4.46. The van der Waals surface area contributed by atoms with Crippen molar-refractivity contribution in [3.63, 3.8) is 0 Å². The zero-order valence-corrected chi connectivity index (χ0v) is 12.2. The number of unbranched alkanes of at least 4 members (excludes halogenated alkanes) is 3. The van der Waals surface area contributed by atoms with Gasteiger partial charge in [0.2, 0.25) is 5.24 Å². The number of halogens is 1. The second-order valence-corrected chi connectivity index (χ2v) is 4.88. The van der Waals surface area contributed by atoms with Gasteiger partial charge < -0.3 is 4.74 Å². The average Bonchev–Trinajstić information content (AvgIpc) is 2.45. The number of nitro benzene ring substituents is 1. The predicted octanol–water partition coefficient (Wildman–Crippen LogP) is 3.50. The summed E-state index contributed by atoms with van der Waals surface area (Å²) in [4.78, 5) is 31.4. The van der Waals surface area contributed by atoms with Crippen molar-refractivity contribution < 1.29 is 19.2 Å². The molecule has 0 aromatic heterocycles. The summed E-state index contributed by atoms with van der Waals surface area (Å²) in [7, 11) is 0. The Hall–Kier alpha value is -1.95. The van der Waals surface area contributed by atoms with Gasteiger partial charge >= 0.3 is 0 Å². The van der Waals surface area contributed by atoms with E-state index in [-0.39, 0.29) is 16.5 Å². The number of benzene rings is 1. The molecule has 0 saturated carbocycles. The molecule has 1 aromatic carbocycles. The normalized spacial score (nSPS) is 10.1. The minimum absolute atomic E-state index is 0.00174. The van der Waals surface area contributed by atoms with E-state index in [1.165, 1.54) is 18.2 Å². The lowest BCUT2D eigenvalue weighted by Crippen LogP contribution is -2.00. The third kappa shape index (κ3) is 6.35. The third-order valence-corrected chi connectivity index (χ3v) is 3.05. The molecule has 21 heavy (non-hydrogen) atoms. The first kappa shape index (κ1) is 17.1. The maximum absolute atomic E-state index is 10.8. The summed E-state index contributed by atoms with van der Waals surface area (Å²) in [6, 6.07) is 4.08. The number of carbonyl (C=O) groups is 2. The molecule has 0 heterocycles. The first-order valence-corrected chi connectivity index (χ1v) is 6.97. The maximum Gasteiger partial charge on any atom is 0.280 e. The van der Waals surface area contributed by atoms with Gasteiger partial charge in [0.05, 0.1) is 17.1 Å². The number of ether oxygens (including phenoxy) is 1. The van der Waals surface area contributed by atoms with Crippen molar-refractivity contribution in [3.05, 3.63) is 33.9 Å². The van der Waals surface area contributed by atoms with Gasteiger partial charge in [-0.1, -0.05) is 12.8 Å². The Morgan fingerprint density at radius 1 is 1.29 bits per heavy atom. The summed E-state index contributed by atoms with van der Waals surface area (Å²) in [6.07, 6.45) is 4.17. The van der Waals surface area contributed by atoms with Crippen molar-refractivity contribution in [1.29, 1.82) is 0 Å². The Balaban J connectivity index is 2.34. The summed E-state index contributed by atoms with van der Waals surface area (Å²) >= 11 is 5.22. The van der Waals surface area contributed by atoms with E-state index >= 15 is 0 Å². The molecule has 0 aliphatic rings. The van der Waals surface area contributed by atoms with Gasteiger partial charge in [-0.25, -0.2) is 0 Å². The Morgan fingerprint density at radius 2 is 2.00 bits per heavy atom. The standard InChI is InChI=1S/C14H16ClNO5/c15-14(18)5-3-1-2-4-8-21-12-6-7-13(16(19)20)11(9-12)10-17/h6-7,9-10H,1-5,8H2. The predicted molar refractivity (Wildman–Crippen MR) is 77.9 cm³/mol. The molecule has 0 spiro atoms. The third-order valence-electron chi connectivity index (χ3n) is 2.86. The summed E-state index contributed by atoms with van der Waals surface area (Å²) in [5, 5.41) is 10.4. The summed E-state index contributed by atoms with van der Waals surface area (Å²) in [6.45, 7) is 0.449. The van der Waals surface area contributed by atoms with Crippen molar-refractivity contribution in [3.8, 4) is 5.75 Å². The minimum Gasteiger partial charge on any atom is -0.494 e. The highest BCUT2D eigenvalue weighted by atomic mass is 35.5. The van der Waals surface area contributed by atoms with Gasteiger partial charge in [-0.05, 0) is 36.6 Å². The van der Waals surface area contributed by atoms with Gasteiger partial charge in [0.25, 0.3) is 5.69 Å². The zero-order valence-electron chi connectivity index (χ0n) is 11.4. The van der Waals surface area contributed by atoms with Crippen LogP contribution in [0.1, 0.15) is 42.5 Å². The monoisotopic (exact) mass is 313 g/mol. The first-order valence-electron chi connectivity index (χ1n) is 6.59. The molecule has 0 saturated heterocycles. The summed E-state index contributed by atoms with van der Waals surface area (Å²) in [5.41, 5.74) is -0.235. The quantitative estimate of drug-likeness (QED) is 0.217. The molecule has 6 nitrogen and oxygen atoms in total. The van der Waals surface area contributed by atoms with Crippen molar-refractivity contribution in [2.45, 2.75) is 32.1 Å². The fraction of sp³-hybridized carbons (Fsp3) is 0.429. The highest BCUT2D eigenvalue weighted by Crippen LogP contribution is 2.22. The lowest BCUT2D eigenvalue weighted by atomic mass is 10.1. The summed E-state index contributed by atoms with van der Waals surface area (Å²) < 4.78 is 5.44. The number of aldehydes is 1. The molecule has 0 radical (unpaired) electrons.